The molecule has 0 atom stereocenters. The molecular formula is C9H14INO4. The molecule has 86 valence electrons. The van der Waals surface area contributed by atoms with E-state index in [1.54, 1.807) is 23.0 Å². The minimum absolute atomic E-state index is 0.351. The largest absolute Gasteiger partial charge is 0.393 e. The second kappa shape index (κ2) is 4.15. The number of hydrogen-bond donors (Lipinski definition) is 1. The molecule has 1 saturated heterocycles. The summed E-state index contributed by atoms with van der Waals surface area (Å²) in [5, 5.41) is 0. The van der Waals surface area contributed by atoms with Gasteiger partial charge in [-0.3, -0.25) is 0 Å². The van der Waals surface area contributed by atoms with Crippen LogP contribution in [0.15, 0.2) is 0 Å². The Morgan fingerprint density at radius 2 is 1.73 bits per heavy atom. The lowest BCUT2D eigenvalue weighted by molar-refractivity contribution is -0.187. The van der Waals surface area contributed by atoms with Crippen LogP contribution < -0.4 is 5.73 Å². The van der Waals surface area contributed by atoms with Crippen LogP contribution in [-0.2, 0) is 17.3 Å². The van der Waals surface area contributed by atoms with Crippen LogP contribution in [0.1, 0.15) is 25.7 Å². The molecule has 1 saturated carbocycles. The molecule has 1 aliphatic carbocycles. The second-order valence-corrected chi connectivity index (χ2v) is 4.57. The topological polar surface area (TPSA) is 70.8 Å². The van der Waals surface area contributed by atoms with E-state index in [1.165, 1.54) is 0 Å². The van der Waals surface area contributed by atoms with Crippen molar-refractivity contribution in [1.82, 2.24) is 0 Å². The van der Waals surface area contributed by atoms with Gasteiger partial charge in [-0.15, -0.1) is 0 Å². The summed E-state index contributed by atoms with van der Waals surface area (Å²) in [6, 6.07) is 0. The zero-order valence-corrected chi connectivity index (χ0v) is 10.5. The third kappa shape index (κ3) is 2.13. The Kier molecular flexibility index (Phi) is 3.20. The Morgan fingerprint density at radius 1 is 1.20 bits per heavy atom. The van der Waals surface area contributed by atoms with E-state index >= 15 is 0 Å². The summed E-state index contributed by atoms with van der Waals surface area (Å²) in [5.74, 6) is -0.829. The van der Waals surface area contributed by atoms with Crippen molar-refractivity contribution in [3.05, 3.63) is 0 Å². The third-order valence-corrected chi connectivity index (χ3v) is 3.59. The molecule has 2 aliphatic rings. The molecule has 0 aromatic heterocycles. The summed E-state index contributed by atoms with van der Waals surface area (Å²) in [5.41, 5.74) is 5.11. The molecule has 0 aromatic carbocycles. The summed E-state index contributed by atoms with van der Waals surface area (Å²) >= 11 is 1.57. The molecule has 0 aromatic rings. The molecule has 2 fully saturated rings. The SMILES string of the molecule is NC1(C(=O)OI)CCC2(CC1)OCCO2. The highest BCUT2D eigenvalue weighted by Crippen LogP contribution is 2.39. The van der Waals surface area contributed by atoms with Crippen molar-refractivity contribution in [2.75, 3.05) is 13.2 Å². The summed E-state index contributed by atoms with van der Waals surface area (Å²) in [6.07, 6.45) is 2.42. The van der Waals surface area contributed by atoms with Crippen LogP contribution in [0.2, 0.25) is 0 Å². The van der Waals surface area contributed by atoms with Gasteiger partial charge >= 0.3 is 5.97 Å². The van der Waals surface area contributed by atoms with E-state index < -0.39 is 11.3 Å². The average molecular weight is 327 g/mol. The van der Waals surface area contributed by atoms with Crippen LogP contribution in [0.3, 0.4) is 0 Å². The fraction of sp³-hybridized carbons (Fsp3) is 0.889. The van der Waals surface area contributed by atoms with E-state index in [0.29, 0.717) is 38.9 Å². The van der Waals surface area contributed by atoms with Gasteiger partial charge in [0.1, 0.15) is 5.54 Å². The molecule has 15 heavy (non-hydrogen) atoms. The Balaban J connectivity index is 1.99. The lowest BCUT2D eigenvalue weighted by Crippen LogP contribution is -2.54. The van der Waals surface area contributed by atoms with E-state index in [0.717, 1.165) is 0 Å². The standard InChI is InChI=1S/C9H14INO4/c10-15-7(12)8(11)1-3-9(4-2-8)13-5-6-14-9/h1-6,11H2. The molecule has 0 bridgehead atoms. The Hall–Kier alpha value is 0.0800. The molecule has 2 rings (SSSR count). The molecular weight excluding hydrogens is 313 g/mol. The Bertz CT molecular complexity index is 255. The molecule has 6 heteroatoms. The number of carbonyl (C=O) groups excluding carboxylic acids is 1. The maximum Gasteiger partial charge on any atom is 0.335 e. The monoisotopic (exact) mass is 327 g/mol. The highest BCUT2D eigenvalue weighted by Gasteiger charge is 2.48. The summed E-state index contributed by atoms with van der Waals surface area (Å²) in [7, 11) is 0. The number of rotatable bonds is 1. The first-order valence-corrected chi connectivity index (χ1v) is 5.88. The van der Waals surface area contributed by atoms with E-state index in [-0.39, 0.29) is 5.97 Å². The van der Waals surface area contributed by atoms with Gasteiger partial charge in [-0.1, -0.05) is 0 Å². The quantitative estimate of drug-likeness (QED) is 0.725. The molecule has 0 amide bonds. The van der Waals surface area contributed by atoms with Gasteiger partial charge in [0.15, 0.2) is 28.8 Å². The van der Waals surface area contributed by atoms with Crippen molar-refractivity contribution in [3.63, 3.8) is 0 Å². The molecule has 0 unspecified atom stereocenters. The van der Waals surface area contributed by atoms with Crippen LogP contribution in [-0.4, -0.2) is 30.5 Å². The van der Waals surface area contributed by atoms with Gasteiger partial charge in [0, 0.05) is 12.8 Å². The first-order valence-electron chi connectivity index (χ1n) is 5.00. The van der Waals surface area contributed by atoms with Gasteiger partial charge in [-0.25, -0.2) is 4.79 Å². The normalized spacial score (nSPS) is 27.9. The predicted octanol–water partition coefficient (Wildman–Crippen LogP) is 0.894. The van der Waals surface area contributed by atoms with Crippen molar-refractivity contribution in [2.45, 2.75) is 37.0 Å². The highest BCUT2D eigenvalue weighted by molar-refractivity contribution is 14.1. The fourth-order valence-electron chi connectivity index (χ4n) is 2.14. The third-order valence-electron chi connectivity index (χ3n) is 3.19. The first-order chi connectivity index (χ1) is 7.10. The number of ether oxygens (including phenoxy) is 2. The number of nitrogens with two attached hydrogens (primary N) is 1. The fourth-order valence-corrected chi connectivity index (χ4v) is 2.58. The molecule has 0 radical (unpaired) electrons. The van der Waals surface area contributed by atoms with Crippen LogP contribution in [0.5, 0.6) is 0 Å². The predicted molar refractivity (Wildman–Crippen MR) is 60.1 cm³/mol. The van der Waals surface area contributed by atoms with Gasteiger partial charge in [-0.05, 0) is 12.8 Å². The molecule has 1 aliphatic heterocycles. The lowest BCUT2D eigenvalue weighted by Gasteiger charge is -2.39. The molecule has 1 spiro atoms. The van der Waals surface area contributed by atoms with Crippen molar-refractivity contribution < 1.29 is 17.3 Å². The number of carbonyl (C=O) groups is 1. The van der Waals surface area contributed by atoms with Crippen molar-refractivity contribution >= 4 is 29.0 Å². The second-order valence-electron chi connectivity index (χ2n) is 4.13. The van der Waals surface area contributed by atoms with E-state index in [9.17, 15) is 4.79 Å². The number of hydrogen-bond acceptors (Lipinski definition) is 5. The minimum Gasteiger partial charge on any atom is -0.393 e. The van der Waals surface area contributed by atoms with E-state index in [2.05, 4.69) is 3.07 Å². The van der Waals surface area contributed by atoms with Gasteiger partial charge in [0.25, 0.3) is 0 Å². The van der Waals surface area contributed by atoms with Crippen LogP contribution >= 0.6 is 23.0 Å². The Morgan fingerprint density at radius 3 is 2.20 bits per heavy atom. The zero-order valence-electron chi connectivity index (χ0n) is 8.33. The maximum absolute atomic E-state index is 11.5. The van der Waals surface area contributed by atoms with Crippen molar-refractivity contribution in [1.29, 1.82) is 0 Å². The Labute approximate surface area is 102 Å². The minimum atomic E-state index is -0.859. The summed E-state index contributed by atoms with van der Waals surface area (Å²) in [4.78, 5) is 11.5. The van der Waals surface area contributed by atoms with Gasteiger partial charge in [-0.2, -0.15) is 0 Å². The van der Waals surface area contributed by atoms with E-state index in [4.69, 9.17) is 15.2 Å². The zero-order chi connectivity index (χ0) is 10.9. The van der Waals surface area contributed by atoms with Crippen molar-refractivity contribution in [2.24, 2.45) is 5.73 Å². The van der Waals surface area contributed by atoms with Crippen LogP contribution in [0.4, 0.5) is 0 Å². The van der Waals surface area contributed by atoms with Gasteiger partial charge in [0.2, 0.25) is 0 Å². The highest BCUT2D eigenvalue weighted by atomic mass is 127. The van der Waals surface area contributed by atoms with Crippen LogP contribution in [0.25, 0.3) is 0 Å². The molecule has 2 N–H and O–H groups in total. The summed E-state index contributed by atoms with van der Waals surface area (Å²) < 4.78 is 15.8. The van der Waals surface area contributed by atoms with Gasteiger partial charge in [0.05, 0.1) is 13.2 Å². The van der Waals surface area contributed by atoms with E-state index in [1.807, 2.05) is 0 Å². The molecule has 1 heterocycles. The van der Waals surface area contributed by atoms with Crippen molar-refractivity contribution in [3.8, 4) is 0 Å². The molecule has 5 nitrogen and oxygen atoms in total. The lowest BCUT2D eigenvalue weighted by atomic mass is 9.79. The van der Waals surface area contributed by atoms with Gasteiger partial charge < -0.3 is 18.3 Å². The number of halogens is 1. The summed E-state index contributed by atoms with van der Waals surface area (Å²) in [6.45, 7) is 1.27. The first kappa shape index (κ1) is 11.6. The maximum atomic E-state index is 11.5. The van der Waals surface area contributed by atoms with Crippen LogP contribution in [0, 0.1) is 0 Å². The average Bonchev–Trinajstić information content (AvgIpc) is 2.71. The smallest absolute Gasteiger partial charge is 0.335 e.